The fraction of sp³-hybridized carbons (Fsp3) is 0.143. The van der Waals surface area contributed by atoms with Gasteiger partial charge < -0.3 is 5.32 Å². The standard InChI is InChI=1S/C14H13Cl2N/c1-9-6-7-11(15)8-14(9)17-13-5-3-4-12(16)10(13)2/h3-8,17H,1-2H3. The number of benzene rings is 2. The molecule has 0 aliphatic rings. The average Bonchev–Trinajstić information content (AvgIpc) is 2.30. The first-order valence-electron chi connectivity index (χ1n) is 5.36. The van der Waals surface area contributed by atoms with Crippen molar-refractivity contribution in [2.75, 3.05) is 5.32 Å². The summed E-state index contributed by atoms with van der Waals surface area (Å²) in [5.74, 6) is 0. The number of rotatable bonds is 2. The molecule has 88 valence electrons. The minimum Gasteiger partial charge on any atom is -0.355 e. The molecule has 0 saturated carbocycles. The highest BCUT2D eigenvalue weighted by atomic mass is 35.5. The number of nitrogens with one attached hydrogen (secondary N) is 1. The molecule has 1 nitrogen and oxygen atoms in total. The minimum absolute atomic E-state index is 0.720. The first kappa shape index (κ1) is 12.3. The van der Waals surface area contributed by atoms with E-state index >= 15 is 0 Å². The minimum atomic E-state index is 0.720. The summed E-state index contributed by atoms with van der Waals surface area (Å²) in [5, 5.41) is 4.83. The Morgan fingerprint density at radius 3 is 2.47 bits per heavy atom. The van der Waals surface area contributed by atoms with Gasteiger partial charge in [-0.3, -0.25) is 0 Å². The van der Waals surface area contributed by atoms with E-state index in [9.17, 15) is 0 Å². The van der Waals surface area contributed by atoms with Crippen LogP contribution in [0.5, 0.6) is 0 Å². The summed E-state index contributed by atoms with van der Waals surface area (Å²) in [6.45, 7) is 4.03. The molecule has 0 fully saturated rings. The predicted molar refractivity (Wildman–Crippen MR) is 75.7 cm³/mol. The topological polar surface area (TPSA) is 12.0 Å². The lowest BCUT2D eigenvalue weighted by molar-refractivity contribution is 1.39. The highest BCUT2D eigenvalue weighted by molar-refractivity contribution is 6.32. The zero-order valence-corrected chi connectivity index (χ0v) is 11.2. The third kappa shape index (κ3) is 2.74. The Hall–Kier alpha value is -1.18. The fourth-order valence-electron chi connectivity index (χ4n) is 1.62. The van der Waals surface area contributed by atoms with Gasteiger partial charge in [0.15, 0.2) is 0 Å². The Bertz CT molecular complexity index is 550. The van der Waals surface area contributed by atoms with Crippen molar-refractivity contribution in [2.45, 2.75) is 13.8 Å². The molecule has 2 aromatic rings. The Kier molecular flexibility index (Phi) is 3.60. The van der Waals surface area contributed by atoms with Crippen molar-refractivity contribution >= 4 is 34.6 Å². The third-order valence-corrected chi connectivity index (χ3v) is 3.38. The summed E-state index contributed by atoms with van der Waals surface area (Å²) in [5.41, 5.74) is 4.19. The second-order valence-electron chi connectivity index (χ2n) is 4.00. The maximum Gasteiger partial charge on any atom is 0.0455 e. The molecule has 0 aliphatic carbocycles. The molecule has 1 N–H and O–H groups in total. The monoisotopic (exact) mass is 265 g/mol. The Balaban J connectivity index is 2.38. The van der Waals surface area contributed by atoms with E-state index in [1.807, 2.05) is 50.2 Å². The van der Waals surface area contributed by atoms with Crippen LogP contribution in [-0.2, 0) is 0 Å². The third-order valence-electron chi connectivity index (χ3n) is 2.74. The molecule has 0 spiro atoms. The van der Waals surface area contributed by atoms with Crippen LogP contribution in [0.3, 0.4) is 0 Å². The second-order valence-corrected chi connectivity index (χ2v) is 4.84. The van der Waals surface area contributed by atoms with Gasteiger partial charge in [-0.1, -0.05) is 35.3 Å². The molecule has 0 heterocycles. The molecule has 0 saturated heterocycles. The van der Waals surface area contributed by atoms with Gasteiger partial charge in [0.1, 0.15) is 0 Å². The number of halogens is 2. The summed E-state index contributed by atoms with van der Waals surface area (Å²) in [6.07, 6.45) is 0. The number of anilines is 2. The molecule has 2 aromatic carbocycles. The highest BCUT2D eigenvalue weighted by Crippen LogP contribution is 2.28. The molecular weight excluding hydrogens is 253 g/mol. The summed E-state index contributed by atoms with van der Waals surface area (Å²) >= 11 is 12.1. The highest BCUT2D eigenvalue weighted by Gasteiger charge is 2.04. The van der Waals surface area contributed by atoms with Gasteiger partial charge in [0.2, 0.25) is 0 Å². The second kappa shape index (κ2) is 4.99. The molecule has 17 heavy (non-hydrogen) atoms. The van der Waals surface area contributed by atoms with E-state index in [2.05, 4.69) is 5.32 Å². The van der Waals surface area contributed by atoms with Crippen molar-refractivity contribution in [1.82, 2.24) is 0 Å². The zero-order valence-electron chi connectivity index (χ0n) is 9.72. The largest absolute Gasteiger partial charge is 0.355 e. The molecule has 0 bridgehead atoms. The molecule has 2 rings (SSSR count). The van der Waals surface area contributed by atoms with Gasteiger partial charge in [0.25, 0.3) is 0 Å². The Morgan fingerprint density at radius 2 is 1.71 bits per heavy atom. The number of aryl methyl sites for hydroxylation is 1. The van der Waals surface area contributed by atoms with Crippen LogP contribution in [-0.4, -0.2) is 0 Å². The maximum atomic E-state index is 6.09. The molecule has 0 radical (unpaired) electrons. The smallest absolute Gasteiger partial charge is 0.0455 e. The molecule has 3 heteroatoms. The van der Waals surface area contributed by atoms with Gasteiger partial charge in [-0.15, -0.1) is 0 Å². The normalized spacial score (nSPS) is 10.4. The van der Waals surface area contributed by atoms with Crippen LogP contribution in [0.1, 0.15) is 11.1 Å². The first-order valence-corrected chi connectivity index (χ1v) is 6.12. The van der Waals surface area contributed by atoms with Crippen molar-refractivity contribution < 1.29 is 0 Å². The average molecular weight is 266 g/mol. The van der Waals surface area contributed by atoms with Gasteiger partial charge in [0, 0.05) is 21.4 Å². The van der Waals surface area contributed by atoms with Gasteiger partial charge in [-0.25, -0.2) is 0 Å². The van der Waals surface area contributed by atoms with Crippen molar-refractivity contribution in [2.24, 2.45) is 0 Å². The lowest BCUT2D eigenvalue weighted by atomic mass is 10.1. The molecule has 0 amide bonds. The van der Waals surface area contributed by atoms with Gasteiger partial charge in [-0.2, -0.15) is 0 Å². The van der Waals surface area contributed by atoms with Crippen LogP contribution in [0.2, 0.25) is 10.0 Å². The van der Waals surface area contributed by atoms with Crippen molar-refractivity contribution in [3.63, 3.8) is 0 Å². The molecule has 0 aromatic heterocycles. The Labute approximate surface area is 111 Å². The van der Waals surface area contributed by atoms with Gasteiger partial charge in [-0.05, 0) is 49.2 Å². The summed E-state index contributed by atoms with van der Waals surface area (Å²) < 4.78 is 0. The molecule has 0 unspecified atom stereocenters. The predicted octanol–water partition coefficient (Wildman–Crippen LogP) is 5.35. The van der Waals surface area contributed by atoms with E-state index in [-0.39, 0.29) is 0 Å². The van der Waals surface area contributed by atoms with Crippen molar-refractivity contribution in [3.8, 4) is 0 Å². The summed E-state index contributed by atoms with van der Waals surface area (Å²) in [6, 6.07) is 11.6. The van der Waals surface area contributed by atoms with Crippen LogP contribution in [0.15, 0.2) is 36.4 Å². The van der Waals surface area contributed by atoms with Crippen LogP contribution >= 0.6 is 23.2 Å². The van der Waals surface area contributed by atoms with E-state index in [4.69, 9.17) is 23.2 Å². The van der Waals surface area contributed by atoms with Crippen LogP contribution in [0, 0.1) is 13.8 Å². The summed E-state index contributed by atoms with van der Waals surface area (Å²) in [7, 11) is 0. The van der Waals surface area contributed by atoms with Gasteiger partial charge in [0.05, 0.1) is 0 Å². The molecule has 0 aliphatic heterocycles. The van der Waals surface area contributed by atoms with E-state index in [1.54, 1.807) is 0 Å². The number of hydrogen-bond donors (Lipinski definition) is 1. The van der Waals surface area contributed by atoms with E-state index in [0.717, 1.165) is 32.5 Å². The van der Waals surface area contributed by atoms with E-state index in [1.165, 1.54) is 0 Å². The van der Waals surface area contributed by atoms with E-state index in [0.29, 0.717) is 0 Å². The number of hydrogen-bond acceptors (Lipinski definition) is 1. The lowest BCUT2D eigenvalue weighted by Crippen LogP contribution is -1.95. The van der Waals surface area contributed by atoms with Gasteiger partial charge >= 0.3 is 0 Å². The van der Waals surface area contributed by atoms with Crippen LogP contribution in [0.25, 0.3) is 0 Å². The maximum absolute atomic E-state index is 6.09. The first-order chi connectivity index (χ1) is 8.08. The van der Waals surface area contributed by atoms with Crippen LogP contribution in [0.4, 0.5) is 11.4 Å². The van der Waals surface area contributed by atoms with Crippen molar-refractivity contribution in [3.05, 3.63) is 57.6 Å². The lowest BCUT2D eigenvalue weighted by Gasteiger charge is -2.13. The van der Waals surface area contributed by atoms with Crippen LogP contribution < -0.4 is 5.32 Å². The molecular formula is C14H13Cl2N. The van der Waals surface area contributed by atoms with Crippen molar-refractivity contribution in [1.29, 1.82) is 0 Å². The summed E-state index contributed by atoms with van der Waals surface area (Å²) in [4.78, 5) is 0. The quantitative estimate of drug-likeness (QED) is 0.772. The fourth-order valence-corrected chi connectivity index (χ4v) is 1.96. The SMILES string of the molecule is Cc1ccc(Cl)cc1Nc1cccc(Cl)c1C. The zero-order chi connectivity index (χ0) is 12.4. The van der Waals surface area contributed by atoms with E-state index < -0.39 is 0 Å². The molecule has 0 atom stereocenters. The Morgan fingerprint density at radius 1 is 0.941 bits per heavy atom.